The number of nitrogens with zero attached hydrogens (tertiary/aromatic N) is 6. The Labute approximate surface area is 135 Å². The molecule has 112 valence electrons. The fourth-order valence-corrected chi connectivity index (χ4v) is 2.70. The molecule has 3 heterocycles. The Morgan fingerprint density at radius 2 is 1.87 bits per heavy atom. The maximum atomic E-state index is 4.19. The zero-order valence-electron chi connectivity index (χ0n) is 11.9. The Balaban J connectivity index is 1.59. The minimum absolute atomic E-state index is 0.636. The predicted molar refractivity (Wildman–Crippen MR) is 87.8 cm³/mol. The molecule has 0 spiro atoms. The molecule has 3 aromatic heterocycles. The number of aromatic nitrogens is 6. The summed E-state index contributed by atoms with van der Waals surface area (Å²) in [6.45, 7) is 0. The van der Waals surface area contributed by atoms with Crippen LogP contribution in [-0.4, -0.2) is 29.3 Å². The third-order valence-corrected chi connectivity index (χ3v) is 3.84. The molecule has 0 unspecified atom stereocenters. The fourth-order valence-electron chi connectivity index (χ4n) is 2.10. The van der Waals surface area contributed by atoms with Crippen molar-refractivity contribution in [3.63, 3.8) is 0 Å². The minimum atomic E-state index is 0.636. The summed E-state index contributed by atoms with van der Waals surface area (Å²) in [4.78, 5) is 3.99. The molecule has 1 N–H and O–H groups in total. The normalized spacial score (nSPS) is 10.6. The van der Waals surface area contributed by atoms with Crippen molar-refractivity contribution >= 4 is 22.4 Å². The van der Waals surface area contributed by atoms with Gasteiger partial charge < -0.3 is 5.32 Å². The highest BCUT2D eigenvalue weighted by molar-refractivity contribution is 7.10. The maximum absolute atomic E-state index is 4.19. The van der Waals surface area contributed by atoms with Gasteiger partial charge in [-0.15, -0.1) is 15.3 Å². The summed E-state index contributed by atoms with van der Waals surface area (Å²) >= 11 is 1.29. The lowest BCUT2D eigenvalue weighted by Gasteiger charge is -2.05. The van der Waals surface area contributed by atoms with E-state index in [1.165, 1.54) is 11.5 Å². The molecule has 0 aliphatic rings. The molecule has 4 rings (SSSR count). The molecule has 0 aliphatic heterocycles. The first-order chi connectivity index (χ1) is 11.4. The Morgan fingerprint density at radius 3 is 2.61 bits per heavy atom. The first-order valence-electron chi connectivity index (χ1n) is 6.87. The van der Waals surface area contributed by atoms with Crippen LogP contribution < -0.4 is 5.32 Å². The second-order valence-corrected chi connectivity index (χ2v) is 5.44. The Bertz CT molecular complexity index is 885. The third kappa shape index (κ3) is 2.79. The van der Waals surface area contributed by atoms with Crippen LogP contribution in [0.15, 0.2) is 61.2 Å². The largest absolute Gasteiger partial charge is 0.327 e. The highest BCUT2D eigenvalue weighted by atomic mass is 32.1. The standard InChI is InChI=1S/C15H11N7S/c1-2-4-11(5-3-1)14-15(23-21-20-14)17-12-6-7-13(19-18-12)22-9-8-16-10-22/h1-10H,(H,17,18). The molecular weight excluding hydrogens is 310 g/mol. The SMILES string of the molecule is c1ccc(-c2nnsc2Nc2ccc(-n3ccnc3)nn2)cc1. The van der Waals surface area contributed by atoms with Gasteiger partial charge in [0, 0.05) is 29.5 Å². The van der Waals surface area contributed by atoms with Crippen molar-refractivity contribution in [2.45, 2.75) is 0 Å². The Hall–Kier alpha value is -3.13. The molecule has 0 fully saturated rings. The zero-order chi connectivity index (χ0) is 15.5. The number of rotatable bonds is 4. The molecule has 7 nitrogen and oxygen atoms in total. The average molecular weight is 321 g/mol. The van der Waals surface area contributed by atoms with Gasteiger partial charge in [-0.25, -0.2) is 4.98 Å². The van der Waals surface area contributed by atoms with Gasteiger partial charge in [0.25, 0.3) is 0 Å². The van der Waals surface area contributed by atoms with Crippen LogP contribution in [0.4, 0.5) is 10.8 Å². The quantitative estimate of drug-likeness (QED) is 0.622. The molecule has 0 aliphatic carbocycles. The zero-order valence-corrected chi connectivity index (χ0v) is 12.7. The van der Waals surface area contributed by atoms with Crippen molar-refractivity contribution in [2.24, 2.45) is 0 Å². The van der Waals surface area contributed by atoms with E-state index in [-0.39, 0.29) is 0 Å². The molecule has 8 heteroatoms. The summed E-state index contributed by atoms with van der Waals surface area (Å²) in [5.41, 5.74) is 1.81. The van der Waals surface area contributed by atoms with Gasteiger partial charge in [-0.2, -0.15) is 0 Å². The van der Waals surface area contributed by atoms with Gasteiger partial charge in [-0.3, -0.25) is 4.57 Å². The number of nitrogens with one attached hydrogen (secondary N) is 1. The van der Waals surface area contributed by atoms with Crippen molar-refractivity contribution < 1.29 is 0 Å². The number of hydrogen-bond acceptors (Lipinski definition) is 7. The number of hydrogen-bond donors (Lipinski definition) is 1. The van der Waals surface area contributed by atoms with Crippen molar-refractivity contribution in [3.8, 4) is 17.1 Å². The predicted octanol–water partition coefficient (Wildman–Crippen LogP) is 2.92. The van der Waals surface area contributed by atoms with Crippen LogP contribution in [0.25, 0.3) is 17.1 Å². The van der Waals surface area contributed by atoms with E-state index in [9.17, 15) is 0 Å². The summed E-state index contributed by atoms with van der Waals surface area (Å²) in [6, 6.07) is 13.6. The van der Waals surface area contributed by atoms with Crippen LogP contribution in [0, 0.1) is 0 Å². The Morgan fingerprint density at radius 1 is 0.957 bits per heavy atom. The van der Waals surface area contributed by atoms with Gasteiger partial charge in [0.1, 0.15) is 17.0 Å². The van der Waals surface area contributed by atoms with Crippen LogP contribution in [0.1, 0.15) is 0 Å². The van der Waals surface area contributed by atoms with Crippen LogP contribution in [-0.2, 0) is 0 Å². The number of benzene rings is 1. The Kier molecular flexibility index (Phi) is 3.49. The van der Waals surface area contributed by atoms with Gasteiger partial charge in [-0.05, 0) is 12.1 Å². The van der Waals surface area contributed by atoms with Crippen LogP contribution in [0.5, 0.6) is 0 Å². The maximum Gasteiger partial charge on any atom is 0.160 e. The van der Waals surface area contributed by atoms with E-state index in [1.807, 2.05) is 48.7 Å². The average Bonchev–Trinajstić information content (AvgIpc) is 3.28. The summed E-state index contributed by atoms with van der Waals surface area (Å²) < 4.78 is 5.81. The van der Waals surface area contributed by atoms with E-state index < -0.39 is 0 Å². The summed E-state index contributed by atoms with van der Waals surface area (Å²) in [6.07, 6.45) is 5.19. The van der Waals surface area contributed by atoms with Crippen LogP contribution >= 0.6 is 11.5 Å². The second kappa shape index (κ2) is 5.93. The molecule has 23 heavy (non-hydrogen) atoms. The third-order valence-electron chi connectivity index (χ3n) is 3.20. The van der Waals surface area contributed by atoms with Gasteiger partial charge in [0.2, 0.25) is 0 Å². The minimum Gasteiger partial charge on any atom is -0.327 e. The summed E-state index contributed by atoms with van der Waals surface area (Å²) in [7, 11) is 0. The smallest absolute Gasteiger partial charge is 0.160 e. The highest BCUT2D eigenvalue weighted by Gasteiger charge is 2.11. The van der Waals surface area contributed by atoms with Gasteiger partial charge in [0.15, 0.2) is 11.6 Å². The first-order valence-corrected chi connectivity index (χ1v) is 7.64. The lowest BCUT2D eigenvalue weighted by atomic mass is 10.2. The highest BCUT2D eigenvalue weighted by Crippen LogP contribution is 2.30. The molecule has 0 radical (unpaired) electrons. The van der Waals surface area contributed by atoms with E-state index >= 15 is 0 Å². The van der Waals surface area contributed by atoms with E-state index in [2.05, 4.69) is 30.1 Å². The molecule has 0 saturated carbocycles. The van der Waals surface area contributed by atoms with E-state index in [1.54, 1.807) is 17.1 Å². The number of imidazole rings is 1. The molecule has 1 aromatic carbocycles. The van der Waals surface area contributed by atoms with E-state index in [4.69, 9.17) is 0 Å². The van der Waals surface area contributed by atoms with E-state index in [0.29, 0.717) is 11.6 Å². The fraction of sp³-hybridized carbons (Fsp3) is 0. The van der Waals surface area contributed by atoms with Crippen LogP contribution in [0.2, 0.25) is 0 Å². The molecule has 4 aromatic rings. The number of anilines is 2. The van der Waals surface area contributed by atoms with Gasteiger partial charge >= 0.3 is 0 Å². The monoisotopic (exact) mass is 321 g/mol. The van der Waals surface area contributed by atoms with Crippen molar-refractivity contribution in [3.05, 3.63) is 61.2 Å². The first kappa shape index (κ1) is 13.5. The van der Waals surface area contributed by atoms with Crippen molar-refractivity contribution in [1.82, 2.24) is 29.3 Å². The second-order valence-electron chi connectivity index (χ2n) is 4.69. The molecule has 0 atom stereocenters. The molecule has 0 amide bonds. The lowest BCUT2D eigenvalue weighted by Crippen LogP contribution is -2.00. The summed E-state index contributed by atoms with van der Waals surface area (Å²) in [5.74, 6) is 1.34. The summed E-state index contributed by atoms with van der Waals surface area (Å²) in [5, 5.41) is 16.6. The van der Waals surface area contributed by atoms with Gasteiger partial charge in [-0.1, -0.05) is 34.8 Å². The molecule has 0 saturated heterocycles. The molecular formula is C15H11N7S. The molecule has 0 bridgehead atoms. The van der Waals surface area contributed by atoms with Gasteiger partial charge in [0.05, 0.1) is 0 Å². The topological polar surface area (TPSA) is 81.4 Å². The van der Waals surface area contributed by atoms with E-state index in [0.717, 1.165) is 16.3 Å². The van der Waals surface area contributed by atoms with Crippen LogP contribution in [0.3, 0.4) is 0 Å². The van der Waals surface area contributed by atoms with Crippen molar-refractivity contribution in [2.75, 3.05) is 5.32 Å². The lowest BCUT2D eigenvalue weighted by molar-refractivity contribution is 0.916. The van der Waals surface area contributed by atoms with Crippen molar-refractivity contribution in [1.29, 1.82) is 0 Å².